The average Bonchev–Trinajstić information content (AvgIpc) is 2.80. The number of rotatable bonds is 4. The second-order valence-electron chi connectivity index (χ2n) is 3.85. The van der Waals surface area contributed by atoms with E-state index in [9.17, 15) is 0 Å². The summed E-state index contributed by atoms with van der Waals surface area (Å²) in [6, 6.07) is 7.98. The molecule has 1 atom stereocenters. The predicted octanol–water partition coefficient (Wildman–Crippen LogP) is 3.38. The van der Waals surface area contributed by atoms with E-state index >= 15 is 0 Å². The number of anilines is 1. The smallest absolute Gasteiger partial charge is 0.161 e. The SMILES string of the molecule is CCOc1ccccc1NC1=NCC(CC)S1. The maximum absolute atomic E-state index is 5.57. The van der Waals surface area contributed by atoms with Crippen LogP contribution in [-0.2, 0) is 0 Å². The van der Waals surface area contributed by atoms with Gasteiger partial charge in [-0.25, -0.2) is 0 Å². The highest BCUT2D eigenvalue weighted by Crippen LogP contribution is 2.29. The van der Waals surface area contributed by atoms with Crippen LogP contribution in [0.5, 0.6) is 5.75 Å². The van der Waals surface area contributed by atoms with Gasteiger partial charge in [0.25, 0.3) is 0 Å². The Bertz CT molecular complexity index is 406. The number of ether oxygens (including phenoxy) is 1. The molecule has 0 saturated heterocycles. The zero-order valence-electron chi connectivity index (χ0n) is 10.3. The van der Waals surface area contributed by atoms with Crippen LogP contribution >= 0.6 is 11.8 Å². The summed E-state index contributed by atoms with van der Waals surface area (Å²) in [5.74, 6) is 0.887. The van der Waals surface area contributed by atoms with Gasteiger partial charge in [-0.3, -0.25) is 4.99 Å². The molecule has 0 aromatic heterocycles. The van der Waals surface area contributed by atoms with Crippen LogP contribution in [0.15, 0.2) is 29.3 Å². The lowest BCUT2D eigenvalue weighted by Crippen LogP contribution is -2.08. The first kappa shape index (κ1) is 12.3. The van der Waals surface area contributed by atoms with Gasteiger partial charge in [0.2, 0.25) is 0 Å². The van der Waals surface area contributed by atoms with Crippen LogP contribution in [0.25, 0.3) is 0 Å². The van der Waals surface area contributed by atoms with E-state index in [1.807, 2.05) is 43.0 Å². The summed E-state index contributed by atoms with van der Waals surface area (Å²) < 4.78 is 5.57. The Hall–Kier alpha value is -1.16. The van der Waals surface area contributed by atoms with Crippen molar-refractivity contribution >= 4 is 22.6 Å². The minimum Gasteiger partial charge on any atom is -0.492 e. The van der Waals surface area contributed by atoms with Crippen LogP contribution in [0.2, 0.25) is 0 Å². The van der Waals surface area contributed by atoms with Gasteiger partial charge < -0.3 is 10.1 Å². The number of para-hydroxylation sites is 2. The van der Waals surface area contributed by atoms with Gasteiger partial charge in [0, 0.05) is 5.25 Å². The summed E-state index contributed by atoms with van der Waals surface area (Å²) in [5, 5.41) is 4.97. The average molecular weight is 250 g/mol. The van der Waals surface area contributed by atoms with Gasteiger partial charge in [0.05, 0.1) is 18.8 Å². The van der Waals surface area contributed by atoms with Gasteiger partial charge in [-0.15, -0.1) is 0 Å². The fraction of sp³-hybridized carbons (Fsp3) is 0.462. The predicted molar refractivity (Wildman–Crippen MR) is 75.2 cm³/mol. The van der Waals surface area contributed by atoms with Crippen molar-refractivity contribution in [3.05, 3.63) is 24.3 Å². The molecule has 0 radical (unpaired) electrons. The minimum atomic E-state index is 0.622. The number of amidine groups is 1. The molecule has 92 valence electrons. The minimum absolute atomic E-state index is 0.622. The summed E-state index contributed by atoms with van der Waals surface area (Å²) >= 11 is 1.82. The lowest BCUT2D eigenvalue weighted by molar-refractivity contribution is 0.342. The number of thioether (sulfide) groups is 1. The molecule has 0 fully saturated rings. The molecule has 0 amide bonds. The fourth-order valence-electron chi connectivity index (χ4n) is 1.67. The molecule has 0 bridgehead atoms. The molecule has 1 aromatic carbocycles. The summed E-state index contributed by atoms with van der Waals surface area (Å²) in [6.45, 7) is 5.78. The lowest BCUT2D eigenvalue weighted by atomic mass is 10.3. The van der Waals surface area contributed by atoms with Gasteiger partial charge in [-0.05, 0) is 25.5 Å². The lowest BCUT2D eigenvalue weighted by Gasteiger charge is -2.12. The molecule has 1 aliphatic rings. The molecule has 1 N–H and O–H groups in total. The number of hydrogen-bond acceptors (Lipinski definition) is 4. The van der Waals surface area contributed by atoms with E-state index in [-0.39, 0.29) is 0 Å². The standard InChI is InChI=1S/C13H18N2OS/c1-3-10-9-14-13(17-10)15-11-7-5-6-8-12(11)16-4-2/h5-8,10H,3-4,9H2,1-2H3,(H,14,15). The maximum Gasteiger partial charge on any atom is 0.161 e. The number of nitrogens with zero attached hydrogens (tertiary/aromatic N) is 1. The van der Waals surface area contributed by atoms with Gasteiger partial charge in [0.15, 0.2) is 5.17 Å². The molecular formula is C13H18N2OS. The molecule has 0 saturated carbocycles. The summed E-state index contributed by atoms with van der Waals surface area (Å²) in [6.07, 6.45) is 1.16. The number of aliphatic imine (C=N–C) groups is 1. The molecule has 1 aromatic rings. The summed E-state index contributed by atoms with van der Waals surface area (Å²) in [4.78, 5) is 4.50. The van der Waals surface area contributed by atoms with Crippen LogP contribution in [0.4, 0.5) is 5.69 Å². The first-order chi connectivity index (χ1) is 8.33. The van der Waals surface area contributed by atoms with Crippen molar-refractivity contribution in [1.82, 2.24) is 0 Å². The number of hydrogen-bond donors (Lipinski definition) is 1. The topological polar surface area (TPSA) is 33.6 Å². The third-order valence-electron chi connectivity index (χ3n) is 2.60. The molecule has 1 aliphatic heterocycles. The van der Waals surface area contributed by atoms with E-state index in [0.29, 0.717) is 11.9 Å². The summed E-state index contributed by atoms with van der Waals surface area (Å²) in [7, 11) is 0. The van der Waals surface area contributed by atoms with E-state index in [4.69, 9.17) is 4.74 Å². The van der Waals surface area contributed by atoms with E-state index in [0.717, 1.165) is 29.6 Å². The molecule has 0 aliphatic carbocycles. The van der Waals surface area contributed by atoms with Crippen LogP contribution in [0.3, 0.4) is 0 Å². The zero-order chi connectivity index (χ0) is 12.1. The first-order valence-electron chi connectivity index (χ1n) is 6.03. The van der Waals surface area contributed by atoms with Crippen LogP contribution in [-0.4, -0.2) is 23.6 Å². The van der Waals surface area contributed by atoms with E-state index in [1.165, 1.54) is 0 Å². The Morgan fingerprint density at radius 3 is 2.94 bits per heavy atom. The molecule has 2 rings (SSSR count). The Balaban J connectivity index is 2.04. The second kappa shape index (κ2) is 5.96. The molecule has 1 unspecified atom stereocenters. The molecule has 1 heterocycles. The van der Waals surface area contributed by atoms with Crippen molar-refractivity contribution in [2.45, 2.75) is 25.5 Å². The highest BCUT2D eigenvalue weighted by molar-refractivity contribution is 8.15. The van der Waals surface area contributed by atoms with E-state index < -0.39 is 0 Å². The molecule has 3 nitrogen and oxygen atoms in total. The Morgan fingerprint density at radius 2 is 2.24 bits per heavy atom. The maximum atomic E-state index is 5.57. The van der Waals surface area contributed by atoms with Crippen LogP contribution in [0.1, 0.15) is 20.3 Å². The van der Waals surface area contributed by atoms with Crippen molar-refractivity contribution < 1.29 is 4.74 Å². The largest absolute Gasteiger partial charge is 0.492 e. The normalized spacial score (nSPS) is 18.9. The van der Waals surface area contributed by atoms with Gasteiger partial charge in [-0.1, -0.05) is 30.8 Å². The number of nitrogens with one attached hydrogen (secondary N) is 1. The highest BCUT2D eigenvalue weighted by Gasteiger charge is 2.18. The monoisotopic (exact) mass is 250 g/mol. The van der Waals surface area contributed by atoms with Gasteiger partial charge in [0.1, 0.15) is 5.75 Å². The van der Waals surface area contributed by atoms with Crippen LogP contribution in [0, 0.1) is 0 Å². The molecule has 17 heavy (non-hydrogen) atoms. The van der Waals surface area contributed by atoms with Crippen LogP contribution < -0.4 is 10.1 Å². The Labute approximate surface area is 107 Å². The number of benzene rings is 1. The highest BCUT2D eigenvalue weighted by atomic mass is 32.2. The third-order valence-corrected chi connectivity index (χ3v) is 3.87. The third kappa shape index (κ3) is 3.16. The van der Waals surface area contributed by atoms with E-state index in [2.05, 4.69) is 17.2 Å². The first-order valence-corrected chi connectivity index (χ1v) is 6.91. The quantitative estimate of drug-likeness (QED) is 0.889. The summed E-state index contributed by atoms with van der Waals surface area (Å²) in [5.41, 5.74) is 0.998. The van der Waals surface area contributed by atoms with Crippen molar-refractivity contribution in [2.24, 2.45) is 4.99 Å². The van der Waals surface area contributed by atoms with E-state index in [1.54, 1.807) is 0 Å². The zero-order valence-corrected chi connectivity index (χ0v) is 11.1. The molecular weight excluding hydrogens is 232 g/mol. The van der Waals surface area contributed by atoms with Crippen molar-refractivity contribution in [3.63, 3.8) is 0 Å². The van der Waals surface area contributed by atoms with Gasteiger partial charge >= 0.3 is 0 Å². The molecule has 4 heteroatoms. The van der Waals surface area contributed by atoms with Crippen molar-refractivity contribution in [1.29, 1.82) is 0 Å². The van der Waals surface area contributed by atoms with Crippen molar-refractivity contribution in [2.75, 3.05) is 18.5 Å². The Kier molecular flexibility index (Phi) is 4.31. The van der Waals surface area contributed by atoms with Gasteiger partial charge in [-0.2, -0.15) is 0 Å². The Morgan fingerprint density at radius 1 is 1.41 bits per heavy atom. The second-order valence-corrected chi connectivity index (χ2v) is 5.14. The molecule has 0 spiro atoms. The fourth-order valence-corrected chi connectivity index (χ4v) is 2.61. The van der Waals surface area contributed by atoms with Crippen molar-refractivity contribution in [3.8, 4) is 5.75 Å².